The van der Waals surface area contributed by atoms with Gasteiger partial charge in [0.15, 0.2) is 0 Å². The molecular formula is C18H17F3N2O2S. The number of anilines is 1. The van der Waals surface area contributed by atoms with E-state index in [1.807, 2.05) is 5.38 Å². The van der Waals surface area contributed by atoms with E-state index >= 15 is 0 Å². The van der Waals surface area contributed by atoms with E-state index in [4.69, 9.17) is 0 Å². The number of hydrogen-bond acceptors (Lipinski definition) is 3. The Hall–Kier alpha value is -2.35. The average molecular weight is 382 g/mol. The summed E-state index contributed by atoms with van der Waals surface area (Å²) >= 11 is 1.34. The Morgan fingerprint density at radius 3 is 2.69 bits per heavy atom. The zero-order valence-electron chi connectivity index (χ0n) is 13.8. The first-order valence-electron chi connectivity index (χ1n) is 8.15. The van der Waals surface area contributed by atoms with Gasteiger partial charge >= 0.3 is 6.18 Å². The van der Waals surface area contributed by atoms with Gasteiger partial charge in [0.2, 0.25) is 5.91 Å². The highest BCUT2D eigenvalue weighted by atomic mass is 32.1. The quantitative estimate of drug-likeness (QED) is 0.862. The van der Waals surface area contributed by atoms with Gasteiger partial charge in [0.25, 0.3) is 5.91 Å². The monoisotopic (exact) mass is 382 g/mol. The second kappa shape index (κ2) is 7.49. The Balaban J connectivity index is 1.65. The van der Waals surface area contributed by atoms with E-state index < -0.39 is 17.7 Å². The van der Waals surface area contributed by atoms with Crippen LogP contribution in [0.2, 0.25) is 0 Å². The van der Waals surface area contributed by atoms with Gasteiger partial charge in [-0.05, 0) is 42.5 Å². The van der Waals surface area contributed by atoms with Crippen molar-refractivity contribution in [3.05, 3.63) is 52.2 Å². The predicted molar refractivity (Wildman–Crippen MR) is 93.0 cm³/mol. The number of alkyl halides is 3. The van der Waals surface area contributed by atoms with Crippen molar-refractivity contribution in [2.45, 2.75) is 19.0 Å². The van der Waals surface area contributed by atoms with Crippen LogP contribution in [0.4, 0.5) is 18.9 Å². The van der Waals surface area contributed by atoms with E-state index in [0.29, 0.717) is 24.3 Å². The summed E-state index contributed by atoms with van der Waals surface area (Å²) in [6.07, 6.45) is -3.19. The summed E-state index contributed by atoms with van der Waals surface area (Å²) in [4.78, 5) is 27.1. The van der Waals surface area contributed by atoms with Crippen LogP contribution in [0, 0.1) is 5.92 Å². The third-order valence-electron chi connectivity index (χ3n) is 4.27. The summed E-state index contributed by atoms with van der Waals surface area (Å²) in [5.41, 5.74) is -0.708. The molecule has 0 radical (unpaired) electrons. The Morgan fingerprint density at radius 2 is 2.00 bits per heavy atom. The maximum atomic E-state index is 12.8. The maximum Gasteiger partial charge on any atom is 0.416 e. The fourth-order valence-corrected chi connectivity index (χ4v) is 3.64. The van der Waals surface area contributed by atoms with Crippen LogP contribution in [0.3, 0.4) is 0 Å². The molecule has 1 N–H and O–H groups in total. The van der Waals surface area contributed by atoms with Gasteiger partial charge in [-0.2, -0.15) is 13.2 Å². The first-order valence-corrected chi connectivity index (χ1v) is 9.03. The normalized spacial score (nSPS) is 17.8. The lowest BCUT2D eigenvalue weighted by molar-refractivity contribution is -0.137. The molecule has 2 heterocycles. The summed E-state index contributed by atoms with van der Waals surface area (Å²) in [7, 11) is 0. The molecule has 1 saturated heterocycles. The summed E-state index contributed by atoms with van der Waals surface area (Å²) in [5, 5.41) is 4.36. The smallest absolute Gasteiger partial charge is 0.337 e. The lowest BCUT2D eigenvalue weighted by atomic mass is 9.96. The van der Waals surface area contributed by atoms with Crippen LogP contribution in [0.25, 0.3) is 0 Å². The molecule has 4 nitrogen and oxygen atoms in total. The molecule has 0 aliphatic carbocycles. The highest BCUT2D eigenvalue weighted by Crippen LogP contribution is 2.31. The third-order valence-corrected chi connectivity index (χ3v) is 5.13. The van der Waals surface area contributed by atoms with Gasteiger partial charge in [0.05, 0.1) is 16.4 Å². The third kappa shape index (κ3) is 4.24. The molecule has 1 aromatic heterocycles. The molecule has 0 spiro atoms. The fourth-order valence-electron chi connectivity index (χ4n) is 2.95. The number of nitrogens with one attached hydrogen (secondary N) is 1. The van der Waals surface area contributed by atoms with Crippen molar-refractivity contribution >= 4 is 28.8 Å². The highest BCUT2D eigenvalue weighted by Gasteiger charge is 2.32. The second-order valence-electron chi connectivity index (χ2n) is 6.14. The molecule has 8 heteroatoms. The van der Waals surface area contributed by atoms with Crippen LogP contribution in [-0.4, -0.2) is 29.8 Å². The SMILES string of the molecule is O=C(Nc1cccc(C(F)(F)F)c1)C1CCCN(C(=O)c2cccs2)C1. The number of thiophene rings is 1. The van der Waals surface area contributed by atoms with E-state index in [1.54, 1.807) is 17.0 Å². The van der Waals surface area contributed by atoms with Crippen LogP contribution in [0.1, 0.15) is 28.1 Å². The molecule has 1 aliphatic heterocycles. The summed E-state index contributed by atoms with van der Waals surface area (Å²) in [5.74, 6) is -0.924. The average Bonchev–Trinajstić information content (AvgIpc) is 3.15. The van der Waals surface area contributed by atoms with Gasteiger partial charge in [-0.15, -0.1) is 11.3 Å². The topological polar surface area (TPSA) is 49.4 Å². The van der Waals surface area contributed by atoms with Crippen LogP contribution in [-0.2, 0) is 11.0 Å². The summed E-state index contributed by atoms with van der Waals surface area (Å²) in [6.45, 7) is 0.839. The summed E-state index contributed by atoms with van der Waals surface area (Å²) in [6, 6.07) is 8.07. The Morgan fingerprint density at radius 1 is 1.19 bits per heavy atom. The molecular weight excluding hydrogens is 365 g/mol. The van der Waals surface area contributed by atoms with Gasteiger partial charge in [-0.3, -0.25) is 9.59 Å². The molecule has 138 valence electrons. The highest BCUT2D eigenvalue weighted by molar-refractivity contribution is 7.12. The van der Waals surface area contributed by atoms with Gasteiger partial charge in [-0.1, -0.05) is 12.1 Å². The molecule has 26 heavy (non-hydrogen) atoms. The number of benzene rings is 1. The number of halogens is 3. The molecule has 3 rings (SSSR count). The van der Waals surface area contributed by atoms with Crippen LogP contribution < -0.4 is 5.32 Å². The largest absolute Gasteiger partial charge is 0.416 e. The Bertz CT molecular complexity index is 790. The molecule has 1 unspecified atom stereocenters. The van der Waals surface area contributed by atoms with Crippen molar-refractivity contribution in [1.29, 1.82) is 0 Å². The van der Waals surface area contributed by atoms with Crippen molar-refractivity contribution in [3.63, 3.8) is 0 Å². The zero-order valence-corrected chi connectivity index (χ0v) is 14.6. The van der Waals surface area contributed by atoms with E-state index in [-0.39, 0.29) is 24.0 Å². The van der Waals surface area contributed by atoms with Crippen LogP contribution >= 0.6 is 11.3 Å². The van der Waals surface area contributed by atoms with Crippen LogP contribution in [0.5, 0.6) is 0 Å². The second-order valence-corrected chi connectivity index (χ2v) is 7.08. The van der Waals surface area contributed by atoms with E-state index in [0.717, 1.165) is 12.1 Å². The number of carbonyl (C=O) groups excluding carboxylic acids is 2. The molecule has 1 fully saturated rings. The van der Waals surface area contributed by atoms with Crippen molar-refractivity contribution in [1.82, 2.24) is 4.90 Å². The Kier molecular flexibility index (Phi) is 5.31. The lowest BCUT2D eigenvalue weighted by Crippen LogP contribution is -2.43. The number of carbonyl (C=O) groups is 2. The van der Waals surface area contributed by atoms with Crippen LogP contribution in [0.15, 0.2) is 41.8 Å². The maximum absolute atomic E-state index is 12.8. The molecule has 1 aliphatic rings. The molecule has 1 atom stereocenters. The van der Waals surface area contributed by atoms with Gasteiger partial charge in [0.1, 0.15) is 0 Å². The lowest BCUT2D eigenvalue weighted by Gasteiger charge is -2.31. The first-order chi connectivity index (χ1) is 12.3. The van der Waals surface area contributed by atoms with E-state index in [9.17, 15) is 22.8 Å². The van der Waals surface area contributed by atoms with Gasteiger partial charge in [0, 0.05) is 18.8 Å². The predicted octanol–water partition coefficient (Wildman–Crippen LogP) is 4.26. The van der Waals surface area contributed by atoms with Gasteiger partial charge < -0.3 is 10.2 Å². The minimum atomic E-state index is -4.46. The molecule has 2 aromatic rings. The first kappa shape index (κ1) is 18.4. The zero-order chi connectivity index (χ0) is 18.7. The molecule has 1 aromatic carbocycles. The molecule has 2 amide bonds. The van der Waals surface area contributed by atoms with Crippen molar-refractivity contribution in [3.8, 4) is 0 Å². The number of piperidine rings is 1. The number of amides is 2. The van der Waals surface area contributed by atoms with E-state index in [2.05, 4.69) is 5.32 Å². The fraction of sp³-hybridized carbons (Fsp3) is 0.333. The number of rotatable bonds is 3. The number of nitrogens with zero attached hydrogens (tertiary/aromatic N) is 1. The Labute approximate surface area is 152 Å². The van der Waals surface area contributed by atoms with Crippen molar-refractivity contribution in [2.24, 2.45) is 5.92 Å². The van der Waals surface area contributed by atoms with Crippen molar-refractivity contribution in [2.75, 3.05) is 18.4 Å². The number of likely N-dealkylation sites (tertiary alicyclic amines) is 1. The van der Waals surface area contributed by atoms with Gasteiger partial charge in [-0.25, -0.2) is 0 Å². The summed E-state index contributed by atoms with van der Waals surface area (Å²) < 4.78 is 38.3. The number of hydrogen-bond donors (Lipinski definition) is 1. The minimum Gasteiger partial charge on any atom is -0.337 e. The van der Waals surface area contributed by atoms with E-state index in [1.165, 1.54) is 23.5 Å². The standard InChI is InChI=1S/C18H17F3N2O2S/c19-18(20,21)13-5-1-6-14(10-13)22-16(24)12-4-2-8-23(11-12)17(25)15-7-3-9-26-15/h1,3,5-7,9-10,12H,2,4,8,11H2,(H,22,24). The van der Waals surface area contributed by atoms with Crippen molar-refractivity contribution < 1.29 is 22.8 Å². The molecule has 0 saturated carbocycles. The minimum absolute atomic E-state index is 0.103. The molecule has 0 bridgehead atoms.